The number of halogens is 1. The van der Waals surface area contributed by atoms with Gasteiger partial charge in [0.15, 0.2) is 0 Å². The first-order valence-electron chi connectivity index (χ1n) is 6.94. The van der Waals surface area contributed by atoms with Crippen LogP contribution in [0.2, 0.25) is 0 Å². The van der Waals surface area contributed by atoms with Crippen LogP contribution in [0.5, 0.6) is 0 Å². The van der Waals surface area contributed by atoms with E-state index in [1.54, 1.807) is 7.11 Å². The summed E-state index contributed by atoms with van der Waals surface area (Å²) in [7, 11) is 1.65. The van der Waals surface area contributed by atoms with Gasteiger partial charge in [-0.15, -0.1) is 0 Å². The molecule has 1 aliphatic heterocycles. The second-order valence-electron chi connectivity index (χ2n) is 5.24. The quantitative estimate of drug-likeness (QED) is 0.885. The molecule has 20 heavy (non-hydrogen) atoms. The van der Waals surface area contributed by atoms with Gasteiger partial charge in [-0.25, -0.2) is 0 Å². The van der Waals surface area contributed by atoms with Crippen LogP contribution in [0.25, 0.3) is 0 Å². The SMILES string of the molecule is COCc1c(Br)cccc1NC(=O)C1NCCCC1C. The highest BCUT2D eigenvalue weighted by Crippen LogP contribution is 2.26. The van der Waals surface area contributed by atoms with E-state index in [-0.39, 0.29) is 11.9 Å². The molecular formula is C15H21BrN2O2. The summed E-state index contributed by atoms with van der Waals surface area (Å²) in [5.74, 6) is 0.398. The van der Waals surface area contributed by atoms with Crippen molar-refractivity contribution in [1.29, 1.82) is 0 Å². The highest BCUT2D eigenvalue weighted by atomic mass is 79.9. The van der Waals surface area contributed by atoms with E-state index < -0.39 is 0 Å². The Labute approximate surface area is 128 Å². The third-order valence-electron chi connectivity index (χ3n) is 3.72. The molecule has 5 heteroatoms. The number of methoxy groups -OCH3 is 1. The van der Waals surface area contributed by atoms with Gasteiger partial charge >= 0.3 is 0 Å². The fourth-order valence-electron chi connectivity index (χ4n) is 2.58. The third kappa shape index (κ3) is 3.59. The highest BCUT2D eigenvalue weighted by molar-refractivity contribution is 9.10. The predicted octanol–water partition coefficient (Wildman–Crippen LogP) is 2.92. The second kappa shape index (κ2) is 7.20. The molecule has 0 radical (unpaired) electrons. The first-order chi connectivity index (χ1) is 9.63. The molecule has 1 aliphatic rings. The average molecular weight is 341 g/mol. The van der Waals surface area contributed by atoms with E-state index in [9.17, 15) is 4.79 Å². The Morgan fingerprint density at radius 2 is 2.35 bits per heavy atom. The van der Waals surface area contributed by atoms with Crippen LogP contribution in [0, 0.1) is 5.92 Å². The van der Waals surface area contributed by atoms with E-state index in [4.69, 9.17) is 4.74 Å². The maximum atomic E-state index is 12.4. The standard InChI is InChI=1S/C15H21BrN2O2/c1-10-5-4-8-17-14(10)15(19)18-13-7-3-6-12(16)11(13)9-20-2/h3,6-7,10,14,17H,4-5,8-9H2,1-2H3,(H,18,19). The number of carbonyl (C=O) groups excluding carboxylic acids is 1. The Bertz CT molecular complexity index is 479. The number of benzene rings is 1. The third-order valence-corrected chi connectivity index (χ3v) is 4.46. The van der Waals surface area contributed by atoms with Crippen LogP contribution in [0.15, 0.2) is 22.7 Å². The molecule has 0 bridgehead atoms. The number of hydrogen-bond donors (Lipinski definition) is 2. The van der Waals surface area contributed by atoms with Crippen LogP contribution in [0.1, 0.15) is 25.3 Å². The first-order valence-corrected chi connectivity index (χ1v) is 7.73. The van der Waals surface area contributed by atoms with E-state index in [2.05, 4.69) is 33.5 Å². The molecule has 2 rings (SSSR count). The number of ether oxygens (including phenoxy) is 1. The zero-order chi connectivity index (χ0) is 14.5. The zero-order valence-corrected chi connectivity index (χ0v) is 13.5. The normalized spacial score (nSPS) is 22.6. The summed E-state index contributed by atoms with van der Waals surface area (Å²) in [6.45, 7) is 3.49. The summed E-state index contributed by atoms with van der Waals surface area (Å²) >= 11 is 3.50. The van der Waals surface area contributed by atoms with Crippen molar-refractivity contribution < 1.29 is 9.53 Å². The van der Waals surface area contributed by atoms with Crippen molar-refractivity contribution in [2.45, 2.75) is 32.4 Å². The molecule has 4 nitrogen and oxygen atoms in total. The van der Waals surface area contributed by atoms with E-state index in [0.29, 0.717) is 12.5 Å². The predicted molar refractivity (Wildman–Crippen MR) is 83.7 cm³/mol. The molecule has 0 spiro atoms. The number of hydrogen-bond acceptors (Lipinski definition) is 3. The highest BCUT2D eigenvalue weighted by Gasteiger charge is 2.27. The molecule has 0 saturated carbocycles. The maximum absolute atomic E-state index is 12.4. The summed E-state index contributed by atoms with van der Waals surface area (Å²) in [5.41, 5.74) is 1.78. The number of amides is 1. The lowest BCUT2D eigenvalue weighted by Gasteiger charge is -2.29. The van der Waals surface area contributed by atoms with Gasteiger partial charge in [0.05, 0.1) is 12.6 Å². The summed E-state index contributed by atoms with van der Waals surface area (Å²) in [4.78, 5) is 12.4. The van der Waals surface area contributed by atoms with Gasteiger partial charge in [0.25, 0.3) is 0 Å². The van der Waals surface area contributed by atoms with E-state index in [1.807, 2.05) is 18.2 Å². The van der Waals surface area contributed by atoms with Gasteiger partial charge in [-0.3, -0.25) is 4.79 Å². The second-order valence-corrected chi connectivity index (χ2v) is 6.09. The number of nitrogens with one attached hydrogen (secondary N) is 2. The lowest BCUT2D eigenvalue weighted by Crippen LogP contribution is -2.48. The molecule has 2 N–H and O–H groups in total. The topological polar surface area (TPSA) is 50.4 Å². The maximum Gasteiger partial charge on any atom is 0.241 e. The molecule has 1 heterocycles. The number of carbonyl (C=O) groups is 1. The monoisotopic (exact) mass is 340 g/mol. The molecular weight excluding hydrogens is 320 g/mol. The van der Waals surface area contributed by atoms with Gasteiger partial charge in [0.1, 0.15) is 0 Å². The van der Waals surface area contributed by atoms with Crippen molar-refractivity contribution in [2.75, 3.05) is 19.0 Å². The Balaban J connectivity index is 2.13. The first kappa shape index (κ1) is 15.5. The van der Waals surface area contributed by atoms with Gasteiger partial charge in [0.2, 0.25) is 5.91 Å². The van der Waals surface area contributed by atoms with Gasteiger partial charge in [-0.1, -0.05) is 28.9 Å². The lowest BCUT2D eigenvalue weighted by molar-refractivity contribution is -0.119. The molecule has 0 aliphatic carbocycles. The Morgan fingerprint density at radius 1 is 1.55 bits per heavy atom. The summed E-state index contributed by atoms with van der Waals surface area (Å²) in [6, 6.07) is 5.66. The van der Waals surface area contributed by atoms with Crippen molar-refractivity contribution >= 4 is 27.5 Å². The minimum atomic E-state index is -0.113. The van der Waals surface area contributed by atoms with E-state index in [1.165, 1.54) is 0 Å². The minimum absolute atomic E-state index is 0.0349. The molecule has 0 aromatic heterocycles. The molecule has 1 saturated heterocycles. The molecule has 2 atom stereocenters. The number of anilines is 1. The van der Waals surface area contributed by atoms with Crippen LogP contribution in [-0.4, -0.2) is 25.6 Å². The van der Waals surface area contributed by atoms with Crippen molar-refractivity contribution in [1.82, 2.24) is 5.32 Å². The molecule has 2 unspecified atom stereocenters. The summed E-state index contributed by atoms with van der Waals surface area (Å²) in [5, 5.41) is 6.32. The van der Waals surface area contributed by atoms with Crippen molar-refractivity contribution in [2.24, 2.45) is 5.92 Å². The molecule has 1 fully saturated rings. The van der Waals surface area contributed by atoms with Crippen LogP contribution >= 0.6 is 15.9 Å². The number of rotatable bonds is 4. The fourth-order valence-corrected chi connectivity index (χ4v) is 3.06. The average Bonchev–Trinajstić information content (AvgIpc) is 2.43. The van der Waals surface area contributed by atoms with Crippen molar-refractivity contribution in [3.05, 3.63) is 28.2 Å². The smallest absolute Gasteiger partial charge is 0.241 e. The van der Waals surface area contributed by atoms with Gasteiger partial charge < -0.3 is 15.4 Å². The van der Waals surface area contributed by atoms with Crippen LogP contribution in [-0.2, 0) is 16.1 Å². The Kier molecular flexibility index (Phi) is 5.57. The van der Waals surface area contributed by atoms with Crippen molar-refractivity contribution in [3.63, 3.8) is 0 Å². The number of piperidine rings is 1. The largest absolute Gasteiger partial charge is 0.380 e. The summed E-state index contributed by atoms with van der Waals surface area (Å²) < 4.78 is 6.15. The summed E-state index contributed by atoms with van der Waals surface area (Å²) in [6.07, 6.45) is 2.23. The van der Waals surface area contributed by atoms with Crippen LogP contribution in [0.4, 0.5) is 5.69 Å². The Hall–Kier alpha value is -0.910. The van der Waals surface area contributed by atoms with Gasteiger partial charge in [-0.05, 0) is 37.4 Å². The van der Waals surface area contributed by atoms with Crippen molar-refractivity contribution in [3.8, 4) is 0 Å². The molecule has 1 aromatic carbocycles. The van der Waals surface area contributed by atoms with E-state index >= 15 is 0 Å². The molecule has 1 aromatic rings. The van der Waals surface area contributed by atoms with E-state index in [0.717, 1.165) is 35.1 Å². The van der Waals surface area contributed by atoms with Crippen LogP contribution in [0.3, 0.4) is 0 Å². The molecule has 1 amide bonds. The fraction of sp³-hybridized carbons (Fsp3) is 0.533. The Morgan fingerprint density at radius 3 is 3.05 bits per heavy atom. The van der Waals surface area contributed by atoms with Gasteiger partial charge in [-0.2, -0.15) is 0 Å². The lowest BCUT2D eigenvalue weighted by atomic mass is 9.92. The van der Waals surface area contributed by atoms with Crippen LogP contribution < -0.4 is 10.6 Å². The molecule has 110 valence electrons. The van der Waals surface area contributed by atoms with Gasteiger partial charge in [0, 0.05) is 22.8 Å². The minimum Gasteiger partial charge on any atom is -0.380 e. The zero-order valence-electron chi connectivity index (χ0n) is 11.9.